The Labute approximate surface area is 187 Å². The predicted molar refractivity (Wildman–Crippen MR) is 117 cm³/mol. The fourth-order valence-corrected chi connectivity index (χ4v) is 3.99. The van der Waals surface area contributed by atoms with Gasteiger partial charge >= 0.3 is 0 Å². The van der Waals surface area contributed by atoms with E-state index in [2.05, 4.69) is 5.32 Å². The zero-order valence-electron chi connectivity index (χ0n) is 16.8. The molecule has 9 heteroatoms. The zero-order chi connectivity index (χ0) is 23.0. The van der Waals surface area contributed by atoms with Gasteiger partial charge in [0.1, 0.15) is 17.9 Å². The fraction of sp³-hybridized carbons (Fsp3) is 0.130. The summed E-state index contributed by atoms with van der Waals surface area (Å²) in [7, 11) is 0. The van der Waals surface area contributed by atoms with Crippen LogP contribution in [0.2, 0.25) is 5.02 Å². The van der Waals surface area contributed by atoms with Gasteiger partial charge in [-0.1, -0.05) is 41.4 Å². The van der Waals surface area contributed by atoms with E-state index in [9.17, 15) is 24.1 Å². The first-order chi connectivity index (χ1) is 15.2. The number of carbonyl (C=O) groups excluding carboxylic acids is 2. The molecular formula is C23H17ClFN3O4. The summed E-state index contributed by atoms with van der Waals surface area (Å²) in [6, 6.07) is 13.8. The third-order valence-electron chi connectivity index (χ3n) is 5.23. The van der Waals surface area contributed by atoms with Crippen molar-refractivity contribution in [3.05, 3.63) is 104 Å². The van der Waals surface area contributed by atoms with Gasteiger partial charge in [-0.2, -0.15) is 0 Å². The minimum absolute atomic E-state index is 0.146. The second kappa shape index (κ2) is 8.39. The van der Waals surface area contributed by atoms with E-state index in [0.29, 0.717) is 16.8 Å². The number of nitrogens with one attached hydrogen (secondary N) is 1. The molecule has 1 aliphatic heterocycles. The molecule has 0 aromatic heterocycles. The number of nitro benzene ring substituents is 1. The van der Waals surface area contributed by atoms with Crippen molar-refractivity contribution in [3.8, 4) is 0 Å². The van der Waals surface area contributed by atoms with Crippen LogP contribution in [0, 0.1) is 22.9 Å². The van der Waals surface area contributed by atoms with Gasteiger partial charge in [0.05, 0.1) is 11.0 Å². The van der Waals surface area contributed by atoms with Crippen molar-refractivity contribution in [2.75, 3.05) is 11.9 Å². The van der Waals surface area contributed by atoms with Crippen LogP contribution in [0.3, 0.4) is 0 Å². The molecule has 1 heterocycles. The van der Waals surface area contributed by atoms with Crippen LogP contribution < -0.4 is 5.32 Å². The van der Waals surface area contributed by atoms with Crippen molar-refractivity contribution in [3.63, 3.8) is 0 Å². The molecule has 1 atom stereocenters. The van der Waals surface area contributed by atoms with Crippen molar-refractivity contribution >= 4 is 34.8 Å². The molecule has 0 aliphatic carbocycles. The Morgan fingerprint density at radius 3 is 2.56 bits per heavy atom. The fourth-order valence-electron chi connectivity index (χ4n) is 3.81. The molecule has 0 fully saturated rings. The largest absolute Gasteiger partial charge is 0.324 e. The van der Waals surface area contributed by atoms with Gasteiger partial charge in [-0.25, -0.2) is 4.39 Å². The van der Waals surface area contributed by atoms with E-state index in [-0.39, 0.29) is 17.1 Å². The topological polar surface area (TPSA) is 92.6 Å². The van der Waals surface area contributed by atoms with Gasteiger partial charge in [-0.15, -0.1) is 0 Å². The van der Waals surface area contributed by atoms with Crippen LogP contribution >= 0.6 is 11.6 Å². The molecule has 2 amide bonds. The Morgan fingerprint density at radius 1 is 1.16 bits per heavy atom. The Hall–Kier alpha value is -3.78. The van der Waals surface area contributed by atoms with Gasteiger partial charge in [0, 0.05) is 22.3 Å². The summed E-state index contributed by atoms with van der Waals surface area (Å²) in [4.78, 5) is 38.4. The molecule has 0 spiro atoms. The average Bonchev–Trinajstić information content (AvgIpc) is 2.89. The van der Waals surface area contributed by atoms with E-state index < -0.39 is 34.3 Å². The lowest BCUT2D eigenvalue weighted by atomic mass is 9.94. The summed E-state index contributed by atoms with van der Waals surface area (Å²) >= 11 is 6.02. The quantitative estimate of drug-likeness (QED) is 0.452. The van der Waals surface area contributed by atoms with Gasteiger partial charge in [0.25, 0.3) is 11.6 Å². The Kier molecular flexibility index (Phi) is 5.63. The number of aryl methyl sites for hydroxylation is 1. The molecule has 3 aromatic rings. The van der Waals surface area contributed by atoms with Gasteiger partial charge in [-0.05, 0) is 42.8 Å². The van der Waals surface area contributed by atoms with E-state index in [4.69, 9.17) is 11.6 Å². The van der Waals surface area contributed by atoms with Crippen molar-refractivity contribution in [2.45, 2.75) is 13.0 Å². The average molecular weight is 454 g/mol. The summed E-state index contributed by atoms with van der Waals surface area (Å²) in [6.45, 7) is 1.50. The lowest BCUT2D eigenvalue weighted by molar-refractivity contribution is -0.385. The molecule has 1 aliphatic rings. The zero-order valence-corrected chi connectivity index (χ0v) is 17.6. The number of amides is 2. The lowest BCUT2D eigenvalue weighted by Gasteiger charge is -2.30. The first-order valence-electron chi connectivity index (χ1n) is 9.65. The van der Waals surface area contributed by atoms with Crippen molar-refractivity contribution < 1.29 is 18.9 Å². The van der Waals surface area contributed by atoms with Gasteiger partial charge in [0.2, 0.25) is 5.91 Å². The summed E-state index contributed by atoms with van der Waals surface area (Å²) in [5.74, 6) is -1.65. The second-order valence-electron chi connectivity index (χ2n) is 7.44. The molecule has 162 valence electrons. The maximum absolute atomic E-state index is 13.6. The summed E-state index contributed by atoms with van der Waals surface area (Å²) in [5.41, 5.74) is 1.89. The monoisotopic (exact) mass is 453 g/mol. The molecule has 4 rings (SSSR count). The normalized spacial score (nSPS) is 15.5. The van der Waals surface area contributed by atoms with Crippen LogP contribution in [0.5, 0.6) is 0 Å². The number of rotatable bonds is 3. The molecule has 0 radical (unpaired) electrons. The number of nitrogens with zero attached hydrogens (tertiary/aromatic N) is 2. The van der Waals surface area contributed by atoms with Crippen LogP contribution in [-0.2, 0) is 4.79 Å². The maximum atomic E-state index is 13.6. The van der Waals surface area contributed by atoms with Gasteiger partial charge < -0.3 is 10.2 Å². The number of anilines is 1. The van der Waals surface area contributed by atoms with Crippen molar-refractivity contribution in [2.24, 2.45) is 0 Å². The molecule has 0 saturated carbocycles. The predicted octanol–water partition coefficient (Wildman–Crippen LogP) is 4.88. The standard InChI is InChI=1S/C23H17ClFN3O4/c1-13-2-8-19-17(10-13)22(14-3-6-16(25)7-4-14)27(12-21(29)26-19)23(30)18-11-15(24)5-9-20(18)28(31)32/h2-11,22H,12H2,1H3,(H,26,29). The van der Waals surface area contributed by atoms with Gasteiger partial charge in [0.15, 0.2) is 0 Å². The highest BCUT2D eigenvalue weighted by Crippen LogP contribution is 2.38. The molecule has 0 saturated heterocycles. The maximum Gasteiger partial charge on any atom is 0.282 e. The minimum atomic E-state index is -0.796. The third-order valence-corrected chi connectivity index (χ3v) is 5.47. The Bertz CT molecular complexity index is 1250. The summed E-state index contributed by atoms with van der Waals surface area (Å²) < 4.78 is 13.6. The third kappa shape index (κ3) is 4.04. The first-order valence-corrected chi connectivity index (χ1v) is 10.0. The van der Waals surface area contributed by atoms with E-state index in [1.165, 1.54) is 41.3 Å². The smallest absolute Gasteiger partial charge is 0.282 e. The van der Waals surface area contributed by atoms with E-state index >= 15 is 0 Å². The SMILES string of the molecule is Cc1ccc2c(c1)C(c1ccc(F)cc1)N(C(=O)c1cc(Cl)ccc1[N+](=O)[O-])CC(=O)N2. The second-order valence-corrected chi connectivity index (χ2v) is 7.88. The minimum Gasteiger partial charge on any atom is -0.324 e. The number of fused-ring (bicyclic) bond motifs is 1. The number of benzene rings is 3. The molecule has 32 heavy (non-hydrogen) atoms. The van der Waals surface area contributed by atoms with E-state index in [0.717, 1.165) is 11.6 Å². The number of hydrogen-bond donors (Lipinski definition) is 1. The van der Waals surface area contributed by atoms with Crippen LogP contribution in [0.4, 0.5) is 15.8 Å². The Balaban J connectivity index is 1.93. The number of nitro groups is 1. The van der Waals surface area contributed by atoms with E-state index in [1.54, 1.807) is 6.07 Å². The number of carbonyl (C=O) groups is 2. The van der Waals surface area contributed by atoms with Crippen LogP contribution in [-0.4, -0.2) is 28.2 Å². The first kappa shape index (κ1) is 21.5. The summed E-state index contributed by atoms with van der Waals surface area (Å²) in [6.07, 6.45) is 0. The molecule has 1 N–H and O–H groups in total. The van der Waals surface area contributed by atoms with E-state index in [1.807, 2.05) is 19.1 Å². The van der Waals surface area contributed by atoms with Crippen LogP contribution in [0.15, 0.2) is 60.7 Å². The highest BCUT2D eigenvalue weighted by molar-refractivity contribution is 6.31. The molecule has 7 nitrogen and oxygen atoms in total. The van der Waals surface area contributed by atoms with Crippen LogP contribution in [0.1, 0.15) is 33.1 Å². The van der Waals surface area contributed by atoms with Gasteiger partial charge in [-0.3, -0.25) is 19.7 Å². The van der Waals surface area contributed by atoms with Crippen molar-refractivity contribution in [1.82, 2.24) is 4.90 Å². The highest BCUT2D eigenvalue weighted by Gasteiger charge is 2.36. The number of halogens is 2. The number of hydrogen-bond acceptors (Lipinski definition) is 4. The molecular weight excluding hydrogens is 437 g/mol. The summed E-state index contributed by atoms with van der Waals surface area (Å²) in [5, 5.41) is 14.5. The molecule has 0 bridgehead atoms. The molecule has 3 aromatic carbocycles. The molecule has 1 unspecified atom stereocenters. The Morgan fingerprint density at radius 2 is 1.88 bits per heavy atom. The van der Waals surface area contributed by atoms with Crippen molar-refractivity contribution in [1.29, 1.82) is 0 Å². The lowest BCUT2D eigenvalue weighted by Crippen LogP contribution is -2.39. The highest BCUT2D eigenvalue weighted by atomic mass is 35.5. The van der Waals surface area contributed by atoms with Crippen LogP contribution in [0.25, 0.3) is 0 Å².